The van der Waals surface area contributed by atoms with Crippen LogP contribution in [0, 0.1) is 0 Å². The summed E-state index contributed by atoms with van der Waals surface area (Å²) >= 11 is 0. The number of carbonyl (C=O) groups excluding carboxylic acids is 1. The molecule has 1 rings (SSSR count). The number of hydrogen-bond acceptors (Lipinski definition) is 3. The van der Waals surface area contributed by atoms with Crippen molar-refractivity contribution >= 4 is 5.91 Å². The normalized spacial score (nSPS) is 10.3. The molecule has 0 saturated heterocycles. The summed E-state index contributed by atoms with van der Waals surface area (Å²) < 4.78 is 1.91. The van der Waals surface area contributed by atoms with E-state index in [1.807, 2.05) is 24.7 Å². The average molecular weight is 210 g/mol. The molecule has 5 heteroatoms. The molecule has 1 aromatic rings. The number of rotatable bonds is 5. The van der Waals surface area contributed by atoms with E-state index in [0.717, 1.165) is 12.4 Å². The minimum Gasteiger partial charge on any atom is -0.337 e. The Bertz CT molecular complexity index is 321. The third-order valence-corrected chi connectivity index (χ3v) is 2.25. The summed E-state index contributed by atoms with van der Waals surface area (Å²) in [6.07, 6.45) is 3.61. The SMILES string of the molecule is CCNCC(=O)N(C)Cc1nccn1C. The van der Waals surface area contributed by atoms with E-state index < -0.39 is 0 Å². The summed E-state index contributed by atoms with van der Waals surface area (Å²) in [5.74, 6) is 0.974. The first-order chi connectivity index (χ1) is 7.15. The topological polar surface area (TPSA) is 50.2 Å². The van der Waals surface area contributed by atoms with Crippen molar-refractivity contribution in [3.05, 3.63) is 18.2 Å². The number of aryl methyl sites for hydroxylation is 1. The van der Waals surface area contributed by atoms with Gasteiger partial charge in [0.05, 0.1) is 13.1 Å². The lowest BCUT2D eigenvalue weighted by atomic mass is 10.4. The molecule has 0 radical (unpaired) electrons. The molecule has 1 aromatic heterocycles. The lowest BCUT2D eigenvalue weighted by molar-refractivity contribution is -0.129. The van der Waals surface area contributed by atoms with E-state index in [2.05, 4.69) is 10.3 Å². The van der Waals surface area contributed by atoms with Gasteiger partial charge in [-0.05, 0) is 6.54 Å². The molecule has 0 spiro atoms. The zero-order valence-electron chi connectivity index (χ0n) is 9.53. The highest BCUT2D eigenvalue weighted by Gasteiger charge is 2.10. The van der Waals surface area contributed by atoms with Gasteiger partial charge in [-0.15, -0.1) is 0 Å². The van der Waals surface area contributed by atoms with E-state index in [4.69, 9.17) is 0 Å². The Morgan fingerprint density at radius 3 is 2.93 bits per heavy atom. The molecular weight excluding hydrogens is 192 g/mol. The molecule has 5 nitrogen and oxygen atoms in total. The number of imidazole rings is 1. The maximum atomic E-state index is 11.6. The van der Waals surface area contributed by atoms with Crippen molar-refractivity contribution < 1.29 is 4.79 Å². The predicted molar refractivity (Wildman–Crippen MR) is 58.2 cm³/mol. The first-order valence-electron chi connectivity index (χ1n) is 5.06. The Morgan fingerprint density at radius 1 is 1.67 bits per heavy atom. The summed E-state index contributed by atoms with van der Waals surface area (Å²) in [4.78, 5) is 17.4. The minimum absolute atomic E-state index is 0.0832. The van der Waals surface area contributed by atoms with E-state index in [1.165, 1.54) is 0 Å². The van der Waals surface area contributed by atoms with Crippen LogP contribution < -0.4 is 5.32 Å². The van der Waals surface area contributed by atoms with E-state index >= 15 is 0 Å². The van der Waals surface area contributed by atoms with E-state index in [9.17, 15) is 4.79 Å². The highest BCUT2D eigenvalue weighted by molar-refractivity contribution is 5.77. The first-order valence-corrected chi connectivity index (χ1v) is 5.06. The first kappa shape index (κ1) is 11.7. The standard InChI is InChI=1S/C10H18N4O/c1-4-11-7-10(15)14(3)8-9-12-5-6-13(9)2/h5-6,11H,4,7-8H2,1-3H3. The van der Waals surface area contributed by atoms with Gasteiger partial charge < -0.3 is 14.8 Å². The lowest BCUT2D eigenvalue weighted by Gasteiger charge is -2.16. The average Bonchev–Trinajstić information content (AvgIpc) is 2.61. The van der Waals surface area contributed by atoms with Gasteiger partial charge in [-0.2, -0.15) is 0 Å². The molecular formula is C10H18N4O. The monoisotopic (exact) mass is 210 g/mol. The molecule has 1 N–H and O–H groups in total. The van der Waals surface area contributed by atoms with Crippen molar-refractivity contribution in [2.75, 3.05) is 20.1 Å². The van der Waals surface area contributed by atoms with Crippen LogP contribution in [0.3, 0.4) is 0 Å². The number of nitrogens with one attached hydrogen (secondary N) is 1. The summed E-state index contributed by atoms with van der Waals surface area (Å²) in [5, 5.41) is 3.00. The van der Waals surface area contributed by atoms with Crippen molar-refractivity contribution in [1.29, 1.82) is 0 Å². The van der Waals surface area contributed by atoms with E-state index in [0.29, 0.717) is 13.1 Å². The van der Waals surface area contributed by atoms with Gasteiger partial charge in [-0.1, -0.05) is 6.92 Å². The van der Waals surface area contributed by atoms with Crippen LogP contribution in [0.2, 0.25) is 0 Å². The van der Waals surface area contributed by atoms with Gasteiger partial charge in [0.1, 0.15) is 5.82 Å². The second-order valence-corrected chi connectivity index (χ2v) is 3.48. The van der Waals surface area contributed by atoms with Gasteiger partial charge in [0.25, 0.3) is 0 Å². The summed E-state index contributed by atoms with van der Waals surface area (Å²) in [6.45, 7) is 3.72. The number of nitrogens with zero attached hydrogens (tertiary/aromatic N) is 3. The fourth-order valence-corrected chi connectivity index (χ4v) is 1.22. The van der Waals surface area contributed by atoms with Crippen LogP contribution in [0.25, 0.3) is 0 Å². The largest absolute Gasteiger partial charge is 0.337 e. The molecule has 0 bridgehead atoms. The van der Waals surface area contributed by atoms with Gasteiger partial charge in [0.2, 0.25) is 5.91 Å². The van der Waals surface area contributed by atoms with Crippen LogP contribution in [-0.4, -0.2) is 40.5 Å². The van der Waals surface area contributed by atoms with Crippen LogP contribution in [-0.2, 0) is 18.4 Å². The third kappa shape index (κ3) is 3.36. The number of carbonyl (C=O) groups is 1. The van der Waals surface area contributed by atoms with Crippen molar-refractivity contribution in [1.82, 2.24) is 19.8 Å². The highest BCUT2D eigenvalue weighted by atomic mass is 16.2. The third-order valence-electron chi connectivity index (χ3n) is 2.25. The minimum atomic E-state index is 0.0832. The zero-order chi connectivity index (χ0) is 11.3. The summed E-state index contributed by atoms with van der Waals surface area (Å²) in [6, 6.07) is 0. The van der Waals surface area contributed by atoms with E-state index in [-0.39, 0.29) is 5.91 Å². The smallest absolute Gasteiger partial charge is 0.236 e. The molecule has 1 heterocycles. The van der Waals surface area contributed by atoms with Crippen LogP contribution in [0.4, 0.5) is 0 Å². The molecule has 84 valence electrons. The maximum absolute atomic E-state index is 11.6. The molecule has 0 aliphatic carbocycles. The van der Waals surface area contributed by atoms with E-state index in [1.54, 1.807) is 18.1 Å². The van der Waals surface area contributed by atoms with Gasteiger partial charge in [-0.3, -0.25) is 4.79 Å². The van der Waals surface area contributed by atoms with Crippen molar-refractivity contribution in [3.63, 3.8) is 0 Å². The number of aromatic nitrogens is 2. The molecule has 0 saturated carbocycles. The number of hydrogen-bond donors (Lipinski definition) is 1. The fourth-order valence-electron chi connectivity index (χ4n) is 1.22. The second kappa shape index (κ2) is 5.50. The van der Waals surface area contributed by atoms with Crippen LogP contribution in [0.1, 0.15) is 12.7 Å². The molecule has 1 amide bonds. The lowest BCUT2D eigenvalue weighted by Crippen LogP contribution is -2.35. The molecule has 0 aliphatic heterocycles. The van der Waals surface area contributed by atoms with Crippen molar-refractivity contribution in [2.45, 2.75) is 13.5 Å². The fraction of sp³-hybridized carbons (Fsp3) is 0.600. The Balaban J connectivity index is 2.45. The summed E-state index contributed by atoms with van der Waals surface area (Å²) in [5.41, 5.74) is 0. The molecule has 0 unspecified atom stereocenters. The Labute approximate surface area is 90.1 Å². The molecule has 0 aliphatic rings. The predicted octanol–water partition coefficient (Wildman–Crippen LogP) is -0.0120. The Morgan fingerprint density at radius 2 is 2.40 bits per heavy atom. The Hall–Kier alpha value is -1.36. The van der Waals surface area contributed by atoms with Crippen LogP contribution in [0.15, 0.2) is 12.4 Å². The quantitative estimate of drug-likeness (QED) is 0.743. The number of amides is 1. The second-order valence-electron chi connectivity index (χ2n) is 3.48. The van der Waals surface area contributed by atoms with Crippen molar-refractivity contribution in [3.8, 4) is 0 Å². The van der Waals surface area contributed by atoms with Gasteiger partial charge >= 0.3 is 0 Å². The van der Waals surface area contributed by atoms with Crippen molar-refractivity contribution in [2.24, 2.45) is 7.05 Å². The molecule has 0 atom stereocenters. The highest BCUT2D eigenvalue weighted by Crippen LogP contribution is 1.99. The summed E-state index contributed by atoms with van der Waals surface area (Å²) in [7, 11) is 3.71. The maximum Gasteiger partial charge on any atom is 0.236 e. The molecule has 0 aromatic carbocycles. The van der Waals surface area contributed by atoms with Crippen LogP contribution >= 0.6 is 0 Å². The van der Waals surface area contributed by atoms with Crippen LogP contribution in [0.5, 0.6) is 0 Å². The van der Waals surface area contributed by atoms with Gasteiger partial charge in [0, 0.05) is 26.5 Å². The Kier molecular flexibility index (Phi) is 4.30. The number of likely N-dealkylation sites (N-methyl/N-ethyl adjacent to an activating group) is 2. The van der Waals surface area contributed by atoms with Gasteiger partial charge in [-0.25, -0.2) is 4.98 Å². The molecule has 15 heavy (non-hydrogen) atoms. The molecule has 0 fully saturated rings. The van der Waals surface area contributed by atoms with Gasteiger partial charge in [0.15, 0.2) is 0 Å². The zero-order valence-corrected chi connectivity index (χ0v) is 9.53.